The number of anilines is 1. The van der Waals surface area contributed by atoms with Crippen molar-refractivity contribution in [3.63, 3.8) is 0 Å². The summed E-state index contributed by atoms with van der Waals surface area (Å²) in [7, 11) is 0. The van der Waals surface area contributed by atoms with Gasteiger partial charge in [0.1, 0.15) is 11.4 Å². The fraction of sp³-hybridized carbons (Fsp3) is 0.429. The molecule has 130 valence electrons. The van der Waals surface area contributed by atoms with Gasteiger partial charge < -0.3 is 10.4 Å². The molecule has 1 aromatic heterocycles. The van der Waals surface area contributed by atoms with Gasteiger partial charge in [0.15, 0.2) is 0 Å². The number of hydrogen-bond acceptors (Lipinski definition) is 5. The highest BCUT2D eigenvalue weighted by Gasteiger charge is 2.42. The molecular formula is C14H14F3N3O4. The maximum absolute atomic E-state index is 13.2. The first-order valence-electron chi connectivity index (χ1n) is 6.99. The Morgan fingerprint density at radius 2 is 2.17 bits per heavy atom. The molecule has 1 aliphatic carbocycles. The van der Waals surface area contributed by atoms with Gasteiger partial charge in [0.25, 0.3) is 0 Å². The van der Waals surface area contributed by atoms with Crippen LogP contribution in [-0.4, -0.2) is 26.5 Å². The zero-order valence-electron chi connectivity index (χ0n) is 12.4. The second-order valence-electron chi connectivity index (χ2n) is 5.56. The predicted molar refractivity (Wildman–Crippen MR) is 77.9 cm³/mol. The number of nitro groups is 1. The lowest BCUT2D eigenvalue weighted by atomic mass is 9.74. The topological polar surface area (TPSA) is 105 Å². The molecule has 1 heterocycles. The van der Waals surface area contributed by atoms with Crippen LogP contribution in [0.3, 0.4) is 0 Å². The van der Waals surface area contributed by atoms with Crippen LogP contribution in [0.25, 0.3) is 0 Å². The molecule has 0 unspecified atom stereocenters. The average molecular weight is 345 g/mol. The maximum Gasteiger partial charge on any atom is 0.420 e. The number of aromatic nitrogens is 1. The number of aromatic carboxylic acids is 1. The lowest BCUT2D eigenvalue weighted by Gasteiger charge is -2.43. The quantitative estimate of drug-likeness (QED) is 0.463. The lowest BCUT2D eigenvalue weighted by Crippen LogP contribution is -2.45. The Hall–Kier alpha value is -2.65. The summed E-state index contributed by atoms with van der Waals surface area (Å²) < 4.78 is 39.7. The van der Waals surface area contributed by atoms with E-state index in [2.05, 4.69) is 16.9 Å². The van der Waals surface area contributed by atoms with E-state index < -0.39 is 45.4 Å². The Kier molecular flexibility index (Phi) is 4.50. The van der Waals surface area contributed by atoms with Crippen molar-refractivity contribution in [3.05, 3.63) is 40.1 Å². The van der Waals surface area contributed by atoms with E-state index >= 15 is 0 Å². The van der Waals surface area contributed by atoms with Crippen LogP contribution in [0.5, 0.6) is 0 Å². The summed E-state index contributed by atoms with van der Waals surface area (Å²) >= 11 is 0. The van der Waals surface area contributed by atoms with Crippen molar-refractivity contribution < 1.29 is 28.0 Å². The molecule has 0 aliphatic heterocycles. The summed E-state index contributed by atoms with van der Waals surface area (Å²) in [5, 5.41) is 22.5. The minimum absolute atomic E-state index is 0.207. The van der Waals surface area contributed by atoms with Gasteiger partial charge in [-0.15, -0.1) is 6.58 Å². The van der Waals surface area contributed by atoms with Gasteiger partial charge in [-0.3, -0.25) is 10.1 Å². The minimum atomic E-state index is -4.92. The van der Waals surface area contributed by atoms with Gasteiger partial charge in [0.2, 0.25) is 5.69 Å². The minimum Gasteiger partial charge on any atom is -0.476 e. The van der Waals surface area contributed by atoms with Gasteiger partial charge in [-0.25, -0.2) is 9.78 Å². The third kappa shape index (κ3) is 3.31. The molecule has 1 aliphatic rings. The number of pyridine rings is 1. The first-order chi connectivity index (χ1) is 11.1. The molecule has 10 heteroatoms. The highest BCUT2D eigenvalue weighted by Crippen LogP contribution is 2.43. The van der Waals surface area contributed by atoms with Crippen LogP contribution in [0.4, 0.5) is 24.7 Å². The fourth-order valence-electron chi connectivity index (χ4n) is 2.62. The molecule has 0 radical (unpaired) electrons. The van der Waals surface area contributed by atoms with Crippen molar-refractivity contribution in [3.8, 4) is 0 Å². The summed E-state index contributed by atoms with van der Waals surface area (Å²) in [5.74, 6) is -2.49. The number of nitrogens with zero attached hydrogens (tertiary/aromatic N) is 2. The van der Waals surface area contributed by atoms with Gasteiger partial charge in [-0.2, -0.15) is 13.2 Å². The first-order valence-corrected chi connectivity index (χ1v) is 6.99. The SMILES string of the molecule is C=CCC1(Nc2nc(C(=O)O)c([N+](=O)[O-])cc2C(F)(F)F)CCC1. The van der Waals surface area contributed by atoms with Crippen LogP contribution < -0.4 is 5.32 Å². The normalized spacial score (nSPS) is 16.1. The van der Waals surface area contributed by atoms with Crippen molar-refractivity contribution in [2.24, 2.45) is 0 Å². The number of halogens is 3. The number of hydrogen-bond donors (Lipinski definition) is 2. The monoisotopic (exact) mass is 345 g/mol. The van der Waals surface area contributed by atoms with Crippen LogP contribution in [-0.2, 0) is 6.18 Å². The van der Waals surface area contributed by atoms with Crippen molar-refractivity contribution in [1.29, 1.82) is 0 Å². The van der Waals surface area contributed by atoms with Crippen LogP contribution >= 0.6 is 0 Å². The molecule has 0 amide bonds. The van der Waals surface area contributed by atoms with E-state index in [0.717, 1.165) is 6.42 Å². The molecule has 7 nitrogen and oxygen atoms in total. The largest absolute Gasteiger partial charge is 0.476 e. The Morgan fingerprint density at radius 3 is 2.54 bits per heavy atom. The molecule has 0 saturated heterocycles. The van der Waals surface area contributed by atoms with E-state index in [-0.39, 0.29) is 6.07 Å². The summed E-state index contributed by atoms with van der Waals surface area (Å²) in [6.45, 7) is 3.56. The van der Waals surface area contributed by atoms with Crippen LogP contribution in [0.15, 0.2) is 18.7 Å². The molecule has 1 saturated carbocycles. The number of carboxylic acid groups (broad SMARTS) is 1. The maximum atomic E-state index is 13.2. The third-order valence-corrected chi connectivity index (χ3v) is 3.94. The molecule has 1 fully saturated rings. The number of alkyl halides is 3. The Balaban J connectivity index is 2.59. The fourth-order valence-corrected chi connectivity index (χ4v) is 2.62. The van der Waals surface area contributed by atoms with Crippen LogP contribution in [0.1, 0.15) is 41.7 Å². The Labute approximate surface area is 134 Å². The summed E-state index contributed by atoms with van der Waals surface area (Å²) in [6, 6.07) is 0.207. The lowest BCUT2D eigenvalue weighted by molar-refractivity contribution is -0.385. The summed E-state index contributed by atoms with van der Waals surface area (Å²) in [4.78, 5) is 24.2. The highest BCUT2D eigenvalue weighted by atomic mass is 19.4. The molecule has 0 aromatic carbocycles. The summed E-state index contributed by atoms with van der Waals surface area (Å²) in [6.07, 6.45) is -1.08. The highest BCUT2D eigenvalue weighted by molar-refractivity contribution is 5.91. The second kappa shape index (κ2) is 6.10. The number of carboxylic acids is 1. The molecule has 1 aromatic rings. The van der Waals surface area contributed by atoms with E-state index in [0.29, 0.717) is 19.3 Å². The zero-order valence-corrected chi connectivity index (χ0v) is 12.4. The molecule has 2 rings (SSSR count). The van der Waals surface area contributed by atoms with Gasteiger partial charge >= 0.3 is 17.8 Å². The van der Waals surface area contributed by atoms with E-state index in [1.54, 1.807) is 6.08 Å². The standard InChI is InChI=1S/C14H14F3N3O4/c1-2-4-13(5-3-6-13)19-11-8(14(15,16)17)7-9(20(23)24)10(18-11)12(21)22/h2,7H,1,3-6H2,(H,18,19)(H,21,22). The Bertz CT molecular complexity index is 699. The summed E-state index contributed by atoms with van der Waals surface area (Å²) in [5.41, 5.74) is -4.30. The van der Waals surface area contributed by atoms with Gasteiger partial charge in [0, 0.05) is 11.6 Å². The molecule has 24 heavy (non-hydrogen) atoms. The van der Waals surface area contributed by atoms with E-state index in [1.165, 1.54) is 0 Å². The number of nitrogens with one attached hydrogen (secondary N) is 1. The number of carbonyl (C=O) groups is 1. The van der Waals surface area contributed by atoms with Gasteiger partial charge in [0.05, 0.1) is 4.92 Å². The average Bonchev–Trinajstić information content (AvgIpc) is 2.42. The molecule has 0 spiro atoms. The molecule has 0 atom stereocenters. The van der Waals surface area contributed by atoms with Crippen LogP contribution in [0, 0.1) is 10.1 Å². The van der Waals surface area contributed by atoms with E-state index in [4.69, 9.17) is 5.11 Å². The van der Waals surface area contributed by atoms with Crippen molar-refractivity contribution >= 4 is 17.5 Å². The Morgan fingerprint density at radius 1 is 1.54 bits per heavy atom. The first kappa shape index (κ1) is 17.7. The van der Waals surface area contributed by atoms with Crippen LogP contribution in [0.2, 0.25) is 0 Å². The van der Waals surface area contributed by atoms with Crippen molar-refractivity contribution in [1.82, 2.24) is 4.98 Å². The van der Waals surface area contributed by atoms with Crippen molar-refractivity contribution in [2.45, 2.75) is 37.4 Å². The third-order valence-electron chi connectivity index (χ3n) is 3.94. The predicted octanol–water partition coefficient (Wildman–Crippen LogP) is 3.62. The zero-order chi connectivity index (χ0) is 18.1. The molecule has 2 N–H and O–H groups in total. The van der Waals surface area contributed by atoms with Gasteiger partial charge in [-0.05, 0) is 25.7 Å². The smallest absolute Gasteiger partial charge is 0.420 e. The van der Waals surface area contributed by atoms with E-state index in [1.807, 2.05) is 0 Å². The number of rotatable bonds is 6. The van der Waals surface area contributed by atoms with Crippen molar-refractivity contribution in [2.75, 3.05) is 5.32 Å². The molecule has 0 bridgehead atoms. The van der Waals surface area contributed by atoms with E-state index in [9.17, 15) is 28.1 Å². The second-order valence-corrected chi connectivity index (χ2v) is 5.56. The molecular weight excluding hydrogens is 331 g/mol. The van der Waals surface area contributed by atoms with Gasteiger partial charge in [-0.1, -0.05) is 6.08 Å².